The Labute approximate surface area is 149 Å². The molecule has 6 heteroatoms. The summed E-state index contributed by atoms with van der Waals surface area (Å²) in [6.45, 7) is 4.05. The molecule has 0 N–H and O–H groups in total. The number of hydrogen-bond donors (Lipinski definition) is 0. The summed E-state index contributed by atoms with van der Waals surface area (Å²) >= 11 is 18.5. The van der Waals surface area contributed by atoms with Crippen molar-refractivity contribution in [2.24, 2.45) is 0 Å². The van der Waals surface area contributed by atoms with Gasteiger partial charge in [0.1, 0.15) is 27.9 Å². The molecule has 0 saturated heterocycles. The first-order valence-corrected chi connectivity index (χ1v) is 7.83. The van der Waals surface area contributed by atoms with Crippen LogP contribution in [0.3, 0.4) is 0 Å². The zero-order chi connectivity index (χ0) is 17.1. The Bertz CT molecular complexity index is 848. The fourth-order valence-electron chi connectivity index (χ4n) is 2.10. The van der Waals surface area contributed by atoms with Gasteiger partial charge in [0.25, 0.3) is 0 Å². The van der Waals surface area contributed by atoms with Crippen LogP contribution in [0.5, 0.6) is 11.5 Å². The lowest BCUT2D eigenvalue weighted by Crippen LogP contribution is -1.98. The molecule has 3 nitrogen and oxygen atoms in total. The van der Waals surface area contributed by atoms with Crippen LogP contribution in [0, 0.1) is 22.7 Å². The van der Waals surface area contributed by atoms with Gasteiger partial charge >= 0.3 is 0 Å². The van der Waals surface area contributed by atoms with E-state index in [0.717, 1.165) is 5.56 Å². The minimum atomic E-state index is -0.0614. The highest BCUT2D eigenvalue weighted by molar-refractivity contribution is 6.46. The molecule has 2 rings (SSSR count). The smallest absolute Gasteiger partial charge is 0.167 e. The molecule has 0 radical (unpaired) electrons. The summed E-state index contributed by atoms with van der Waals surface area (Å²) in [7, 11) is 0. The van der Waals surface area contributed by atoms with Crippen molar-refractivity contribution in [1.29, 1.82) is 10.5 Å². The Kier molecular flexibility index (Phi) is 5.39. The number of benzene rings is 2. The third kappa shape index (κ3) is 3.23. The molecule has 0 aliphatic rings. The van der Waals surface area contributed by atoms with Crippen molar-refractivity contribution in [3.8, 4) is 23.6 Å². The van der Waals surface area contributed by atoms with E-state index in [-0.39, 0.29) is 37.9 Å². The summed E-state index contributed by atoms with van der Waals surface area (Å²) in [4.78, 5) is 0. The lowest BCUT2D eigenvalue weighted by molar-refractivity contribution is 0.473. The fraction of sp³-hybridized carbons (Fsp3) is 0.176. The summed E-state index contributed by atoms with van der Waals surface area (Å²) in [6.07, 6.45) is 0. The fourth-order valence-corrected chi connectivity index (χ4v) is 2.87. The van der Waals surface area contributed by atoms with E-state index in [1.54, 1.807) is 6.07 Å². The van der Waals surface area contributed by atoms with Gasteiger partial charge in [-0.1, -0.05) is 66.8 Å². The lowest BCUT2D eigenvalue weighted by Gasteiger charge is -2.17. The van der Waals surface area contributed by atoms with Crippen LogP contribution in [0.2, 0.25) is 15.1 Å². The van der Waals surface area contributed by atoms with Crippen LogP contribution in [0.1, 0.15) is 36.5 Å². The molecule has 0 bridgehead atoms. The number of nitrogens with zero attached hydrogens (tertiary/aromatic N) is 2. The molecule has 0 spiro atoms. The van der Waals surface area contributed by atoms with Crippen molar-refractivity contribution in [3.05, 3.63) is 56.0 Å². The van der Waals surface area contributed by atoms with Gasteiger partial charge in [0.15, 0.2) is 5.75 Å². The Hall–Kier alpha value is -1.91. The van der Waals surface area contributed by atoms with Gasteiger partial charge in [0.05, 0.1) is 16.1 Å². The van der Waals surface area contributed by atoms with E-state index in [0.29, 0.717) is 5.75 Å². The highest BCUT2D eigenvalue weighted by Crippen LogP contribution is 2.46. The Balaban J connectivity index is 2.66. The molecule has 0 atom stereocenters. The van der Waals surface area contributed by atoms with E-state index in [1.807, 2.05) is 44.2 Å². The Morgan fingerprint density at radius 3 is 2.04 bits per heavy atom. The number of nitriles is 2. The topological polar surface area (TPSA) is 56.8 Å². The summed E-state index contributed by atoms with van der Waals surface area (Å²) in [5.74, 6) is 0.853. The molecule has 2 aromatic rings. The maximum absolute atomic E-state index is 9.24. The van der Waals surface area contributed by atoms with E-state index in [1.165, 1.54) is 0 Å². The molecule has 0 heterocycles. The van der Waals surface area contributed by atoms with Gasteiger partial charge in [-0.05, 0) is 17.5 Å². The quantitative estimate of drug-likeness (QED) is 0.599. The minimum Gasteiger partial charge on any atom is -0.454 e. The summed E-state index contributed by atoms with van der Waals surface area (Å²) in [6, 6.07) is 11.1. The normalized spacial score (nSPS) is 10.3. The van der Waals surface area contributed by atoms with Crippen molar-refractivity contribution in [1.82, 2.24) is 0 Å². The van der Waals surface area contributed by atoms with Crippen LogP contribution in [0.15, 0.2) is 24.3 Å². The van der Waals surface area contributed by atoms with Crippen LogP contribution in [0.4, 0.5) is 0 Å². The third-order valence-corrected chi connectivity index (χ3v) is 4.45. The molecule has 0 aliphatic carbocycles. The standard InChI is InChI=1S/C17H11Cl3N2O/c1-9(2)10-5-3-4-6-13(10)23-17-15(19)12(8-22)11(7-21)14(18)16(17)20/h3-6,9H,1-2H3. The Morgan fingerprint density at radius 2 is 1.48 bits per heavy atom. The minimum absolute atomic E-state index is 0.00535. The first-order valence-electron chi connectivity index (χ1n) is 6.69. The molecule has 0 aliphatic heterocycles. The van der Waals surface area contributed by atoms with Gasteiger partial charge < -0.3 is 4.74 Å². The number of hydrogen-bond acceptors (Lipinski definition) is 3. The van der Waals surface area contributed by atoms with Gasteiger partial charge in [-0.2, -0.15) is 10.5 Å². The second-order valence-electron chi connectivity index (χ2n) is 5.04. The predicted octanol–water partition coefficient (Wildman–Crippen LogP) is 6.31. The summed E-state index contributed by atoms with van der Waals surface area (Å²) < 4.78 is 5.85. The van der Waals surface area contributed by atoms with Crippen LogP contribution in [-0.2, 0) is 0 Å². The molecule has 0 unspecified atom stereocenters. The molecular formula is C17H11Cl3N2O. The monoisotopic (exact) mass is 364 g/mol. The van der Waals surface area contributed by atoms with Crippen LogP contribution in [-0.4, -0.2) is 0 Å². The third-order valence-electron chi connectivity index (χ3n) is 3.26. The highest BCUT2D eigenvalue weighted by atomic mass is 35.5. The predicted molar refractivity (Wildman–Crippen MR) is 91.5 cm³/mol. The summed E-state index contributed by atoms with van der Waals surface area (Å²) in [5, 5.41) is 18.3. The van der Waals surface area contributed by atoms with Crippen LogP contribution in [0.25, 0.3) is 0 Å². The molecule has 116 valence electrons. The van der Waals surface area contributed by atoms with E-state index < -0.39 is 0 Å². The van der Waals surface area contributed by atoms with Gasteiger partial charge in [-0.25, -0.2) is 0 Å². The zero-order valence-electron chi connectivity index (χ0n) is 12.3. The number of halogens is 3. The van der Waals surface area contributed by atoms with Crippen molar-refractivity contribution in [2.75, 3.05) is 0 Å². The number of ether oxygens (including phenoxy) is 1. The maximum atomic E-state index is 9.24. The van der Waals surface area contributed by atoms with Crippen molar-refractivity contribution >= 4 is 34.8 Å². The van der Waals surface area contributed by atoms with E-state index in [9.17, 15) is 5.26 Å². The van der Waals surface area contributed by atoms with E-state index in [4.69, 9.17) is 44.8 Å². The SMILES string of the molecule is CC(C)c1ccccc1Oc1c(Cl)c(Cl)c(C#N)c(C#N)c1Cl. The van der Waals surface area contributed by atoms with Gasteiger partial charge in [0, 0.05) is 0 Å². The average molecular weight is 366 g/mol. The molecule has 2 aromatic carbocycles. The second-order valence-corrected chi connectivity index (χ2v) is 6.17. The van der Waals surface area contributed by atoms with Gasteiger partial charge in [0.2, 0.25) is 0 Å². The number of rotatable bonds is 3. The molecule has 0 saturated carbocycles. The maximum Gasteiger partial charge on any atom is 0.167 e. The molecular weight excluding hydrogens is 355 g/mol. The highest BCUT2D eigenvalue weighted by Gasteiger charge is 2.23. The first kappa shape index (κ1) is 17.4. The van der Waals surface area contributed by atoms with Crippen molar-refractivity contribution in [2.45, 2.75) is 19.8 Å². The van der Waals surface area contributed by atoms with E-state index >= 15 is 0 Å². The second kappa shape index (κ2) is 7.11. The molecule has 0 aromatic heterocycles. The zero-order valence-corrected chi connectivity index (χ0v) is 14.6. The molecule has 23 heavy (non-hydrogen) atoms. The molecule has 0 fully saturated rings. The van der Waals surface area contributed by atoms with Crippen LogP contribution < -0.4 is 4.74 Å². The van der Waals surface area contributed by atoms with Gasteiger partial charge in [-0.15, -0.1) is 0 Å². The number of para-hydroxylation sites is 1. The molecule has 0 amide bonds. The van der Waals surface area contributed by atoms with Gasteiger partial charge in [-0.3, -0.25) is 0 Å². The first-order chi connectivity index (χ1) is 10.9. The average Bonchev–Trinajstić information content (AvgIpc) is 2.54. The van der Waals surface area contributed by atoms with Crippen molar-refractivity contribution in [3.63, 3.8) is 0 Å². The van der Waals surface area contributed by atoms with Crippen molar-refractivity contribution < 1.29 is 4.74 Å². The summed E-state index contributed by atoms with van der Waals surface area (Å²) in [5.41, 5.74) is 0.841. The Morgan fingerprint density at radius 1 is 0.913 bits per heavy atom. The largest absolute Gasteiger partial charge is 0.454 e. The lowest BCUT2D eigenvalue weighted by atomic mass is 10.0. The van der Waals surface area contributed by atoms with Crippen LogP contribution >= 0.6 is 34.8 Å². The van der Waals surface area contributed by atoms with E-state index in [2.05, 4.69) is 0 Å².